The van der Waals surface area contributed by atoms with Gasteiger partial charge in [0.2, 0.25) is 0 Å². The minimum atomic E-state index is -0.505. The standard InChI is InChI=1S/C12H10N4O2S/c13-4-1-2-8-6-15-12(19-8)16-11(18)9-7-14-5-3-10(9)17/h3,5-7H,4,13H2,(H,14,17)(H,15,16,18). The van der Waals surface area contributed by atoms with Crippen molar-refractivity contribution in [2.24, 2.45) is 5.73 Å². The van der Waals surface area contributed by atoms with Crippen LogP contribution < -0.4 is 16.5 Å². The van der Waals surface area contributed by atoms with Gasteiger partial charge in [-0.1, -0.05) is 23.2 Å². The fourth-order valence-electron chi connectivity index (χ4n) is 1.29. The number of carbonyl (C=O) groups excluding carboxylic acids is 1. The van der Waals surface area contributed by atoms with Crippen LogP contribution in [0.4, 0.5) is 5.13 Å². The Balaban J connectivity index is 2.14. The van der Waals surface area contributed by atoms with Gasteiger partial charge in [-0.05, 0) is 0 Å². The van der Waals surface area contributed by atoms with Crippen molar-refractivity contribution in [2.45, 2.75) is 0 Å². The first kappa shape index (κ1) is 13.0. The topological polar surface area (TPSA) is 101 Å². The second kappa shape index (κ2) is 5.95. The van der Waals surface area contributed by atoms with Crippen molar-refractivity contribution in [3.63, 3.8) is 0 Å². The Kier molecular flexibility index (Phi) is 4.07. The highest BCUT2D eigenvalue weighted by Gasteiger charge is 2.11. The molecule has 0 atom stereocenters. The second-order valence-corrected chi connectivity index (χ2v) is 4.44. The summed E-state index contributed by atoms with van der Waals surface area (Å²) in [6.07, 6.45) is 4.35. The van der Waals surface area contributed by atoms with E-state index >= 15 is 0 Å². The molecule has 0 bridgehead atoms. The first-order chi connectivity index (χ1) is 9.20. The molecule has 0 saturated carbocycles. The number of amides is 1. The van der Waals surface area contributed by atoms with Crippen molar-refractivity contribution in [1.29, 1.82) is 0 Å². The summed E-state index contributed by atoms with van der Waals surface area (Å²) in [5, 5.41) is 2.93. The molecule has 0 spiro atoms. The molecule has 2 heterocycles. The number of nitrogens with one attached hydrogen (secondary N) is 2. The Bertz CT molecular complexity index is 708. The molecule has 0 radical (unpaired) electrons. The number of anilines is 1. The van der Waals surface area contributed by atoms with Gasteiger partial charge in [0, 0.05) is 18.5 Å². The van der Waals surface area contributed by atoms with Crippen LogP contribution in [0.25, 0.3) is 0 Å². The summed E-state index contributed by atoms with van der Waals surface area (Å²) in [5.74, 6) is 5.00. The van der Waals surface area contributed by atoms with Gasteiger partial charge in [0.15, 0.2) is 10.6 Å². The molecule has 0 aliphatic rings. The molecule has 0 saturated heterocycles. The fourth-order valence-corrected chi connectivity index (χ4v) is 1.97. The van der Waals surface area contributed by atoms with E-state index in [-0.39, 0.29) is 17.5 Å². The maximum absolute atomic E-state index is 11.8. The summed E-state index contributed by atoms with van der Waals surface area (Å²) in [6, 6.07) is 1.29. The number of nitrogens with zero attached hydrogens (tertiary/aromatic N) is 1. The van der Waals surface area contributed by atoms with E-state index < -0.39 is 5.91 Å². The van der Waals surface area contributed by atoms with Crippen LogP contribution in [-0.2, 0) is 0 Å². The average Bonchev–Trinajstić information content (AvgIpc) is 2.84. The predicted molar refractivity (Wildman–Crippen MR) is 73.1 cm³/mol. The van der Waals surface area contributed by atoms with Crippen molar-refractivity contribution >= 4 is 22.4 Å². The molecule has 0 unspecified atom stereocenters. The van der Waals surface area contributed by atoms with Crippen LogP contribution in [0.1, 0.15) is 15.2 Å². The highest BCUT2D eigenvalue weighted by Crippen LogP contribution is 2.17. The number of pyridine rings is 1. The Morgan fingerprint density at radius 3 is 3.16 bits per heavy atom. The number of thiazole rings is 1. The molecule has 0 aromatic carbocycles. The van der Waals surface area contributed by atoms with E-state index in [0.717, 1.165) is 0 Å². The largest absolute Gasteiger partial charge is 0.367 e. The quantitative estimate of drug-likeness (QED) is 0.690. The van der Waals surface area contributed by atoms with Gasteiger partial charge in [-0.25, -0.2) is 4.98 Å². The summed E-state index contributed by atoms with van der Waals surface area (Å²) in [7, 11) is 0. The number of nitrogens with two attached hydrogens (primary N) is 1. The number of hydrogen-bond acceptors (Lipinski definition) is 5. The smallest absolute Gasteiger partial charge is 0.262 e. The maximum atomic E-state index is 11.8. The zero-order valence-electron chi connectivity index (χ0n) is 9.77. The predicted octanol–water partition coefficient (Wildman–Crippen LogP) is 0.394. The van der Waals surface area contributed by atoms with Crippen molar-refractivity contribution in [1.82, 2.24) is 9.97 Å². The van der Waals surface area contributed by atoms with Crippen molar-refractivity contribution < 1.29 is 4.79 Å². The number of hydrogen-bond donors (Lipinski definition) is 3. The zero-order chi connectivity index (χ0) is 13.7. The van der Waals surface area contributed by atoms with Crippen molar-refractivity contribution in [3.8, 4) is 11.8 Å². The highest BCUT2D eigenvalue weighted by atomic mass is 32.1. The molecule has 6 nitrogen and oxygen atoms in total. The van der Waals surface area contributed by atoms with Crippen LogP contribution in [0.5, 0.6) is 0 Å². The van der Waals surface area contributed by atoms with Crippen LogP contribution in [0.15, 0.2) is 29.5 Å². The molecule has 2 rings (SSSR count). The van der Waals surface area contributed by atoms with Gasteiger partial charge in [-0.15, -0.1) is 0 Å². The van der Waals surface area contributed by atoms with Crippen LogP contribution in [0, 0.1) is 11.8 Å². The third-order valence-electron chi connectivity index (χ3n) is 2.11. The van der Waals surface area contributed by atoms with Gasteiger partial charge in [0.05, 0.1) is 17.6 Å². The van der Waals surface area contributed by atoms with Crippen LogP contribution in [-0.4, -0.2) is 22.4 Å². The Morgan fingerprint density at radius 2 is 2.42 bits per heavy atom. The third-order valence-corrected chi connectivity index (χ3v) is 2.94. The lowest BCUT2D eigenvalue weighted by molar-refractivity contribution is 0.102. The highest BCUT2D eigenvalue weighted by molar-refractivity contribution is 7.16. The lowest BCUT2D eigenvalue weighted by atomic mass is 10.2. The summed E-state index contributed by atoms with van der Waals surface area (Å²) in [4.78, 5) is 30.7. The minimum Gasteiger partial charge on any atom is -0.367 e. The minimum absolute atomic E-state index is 0.0345. The SMILES string of the molecule is NCC#Cc1cnc(NC(=O)c2c[nH]ccc2=O)s1. The summed E-state index contributed by atoms with van der Waals surface area (Å²) < 4.78 is 0. The first-order valence-corrected chi connectivity index (χ1v) is 6.15. The number of carbonyl (C=O) groups is 1. The summed E-state index contributed by atoms with van der Waals surface area (Å²) >= 11 is 1.22. The van der Waals surface area contributed by atoms with E-state index in [4.69, 9.17) is 5.73 Å². The van der Waals surface area contributed by atoms with E-state index in [2.05, 4.69) is 27.1 Å². The van der Waals surface area contributed by atoms with Crippen LogP contribution in [0.3, 0.4) is 0 Å². The Labute approximate surface area is 112 Å². The number of H-pyrrole nitrogens is 1. The summed E-state index contributed by atoms with van der Waals surface area (Å²) in [6.45, 7) is 0.263. The number of rotatable bonds is 2. The summed E-state index contributed by atoms with van der Waals surface area (Å²) in [5.41, 5.74) is 4.94. The lowest BCUT2D eigenvalue weighted by Crippen LogP contribution is -2.20. The van der Waals surface area contributed by atoms with E-state index in [1.807, 2.05) is 0 Å². The molecule has 19 heavy (non-hydrogen) atoms. The molecular formula is C12H10N4O2S. The normalized spacial score (nSPS) is 9.53. The van der Waals surface area contributed by atoms with Gasteiger partial charge in [0.1, 0.15) is 5.56 Å². The van der Waals surface area contributed by atoms with Crippen molar-refractivity contribution in [3.05, 3.63) is 45.3 Å². The number of aromatic amines is 1. The molecule has 4 N–H and O–H groups in total. The van der Waals surface area contributed by atoms with E-state index in [9.17, 15) is 9.59 Å². The van der Waals surface area contributed by atoms with E-state index in [1.165, 1.54) is 36.0 Å². The molecule has 7 heteroatoms. The maximum Gasteiger partial charge on any atom is 0.262 e. The molecule has 96 valence electrons. The average molecular weight is 274 g/mol. The molecule has 0 aliphatic carbocycles. The molecule has 0 aliphatic heterocycles. The molecule has 0 fully saturated rings. The van der Waals surface area contributed by atoms with Gasteiger partial charge in [-0.2, -0.15) is 0 Å². The molecule has 2 aromatic rings. The second-order valence-electron chi connectivity index (χ2n) is 3.41. The van der Waals surface area contributed by atoms with E-state index in [0.29, 0.717) is 10.0 Å². The lowest BCUT2D eigenvalue weighted by Gasteiger charge is -1.99. The van der Waals surface area contributed by atoms with Crippen molar-refractivity contribution in [2.75, 3.05) is 11.9 Å². The van der Waals surface area contributed by atoms with Gasteiger partial charge in [-0.3, -0.25) is 14.9 Å². The zero-order valence-corrected chi connectivity index (χ0v) is 10.6. The molecular weight excluding hydrogens is 264 g/mol. The van der Waals surface area contributed by atoms with E-state index in [1.54, 1.807) is 0 Å². The number of aromatic nitrogens is 2. The van der Waals surface area contributed by atoms with Crippen LogP contribution in [0.2, 0.25) is 0 Å². The van der Waals surface area contributed by atoms with Gasteiger partial charge < -0.3 is 10.7 Å². The van der Waals surface area contributed by atoms with Crippen LogP contribution >= 0.6 is 11.3 Å². The third kappa shape index (κ3) is 3.28. The monoisotopic (exact) mass is 274 g/mol. The Morgan fingerprint density at radius 1 is 1.58 bits per heavy atom. The molecule has 1 amide bonds. The first-order valence-electron chi connectivity index (χ1n) is 5.34. The Hall–Kier alpha value is -2.43. The fraction of sp³-hybridized carbons (Fsp3) is 0.0833. The molecule has 2 aromatic heterocycles. The van der Waals surface area contributed by atoms with Gasteiger partial charge >= 0.3 is 0 Å². The van der Waals surface area contributed by atoms with Gasteiger partial charge in [0.25, 0.3) is 5.91 Å².